The van der Waals surface area contributed by atoms with Crippen molar-refractivity contribution in [3.05, 3.63) is 28.2 Å². The topological polar surface area (TPSA) is 72.6 Å². The maximum atomic E-state index is 12.8. The second-order valence-corrected chi connectivity index (χ2v) is 7.43. The summed E-state index contributed by atoms with van der Waals surface area (Å²) < 4.78 is 33.2. The Morgan fingerprint density at radius 1 is 1.50 bits per heavy atom. The van der Waals surface area contributed by atoms with Crippen LogP contribution in [0.15, 0.2) is 27.6 Å². The van der Waals surface area contributed by atoms with Crippen molar-refractivity contribution in [1.29, 1.82) is 0 Å². The highest BCUT2D eigenvalue weighted by Crippen LogP contribution is 2.29. The number of nitrogens with zero attached hydrogens (tertiary/aromatic N) is 1. The highest BCUT2D eigenvalue weighted by Gasteiger charge is 2.34. The number of rotatable bonds is 4. The number of benzene rings is 1. The Kier molecular flexibility index (Phi) is 5.19. The number of morpholine rings is 1. The molecule has 5 nitrogen and oxygen atoms in total. The summed E-state index contributed by atoms with van der Waals surface area (Å²) >= 11 is 3.33. The third-order valence-corrected chi connectivity index (χ3v) is 6.41. The minimum atomic E-state index is -3.54. The lowest BCUT2D eigenvalue weighted by Crippen LogP contribution is -2.48. The Morgan fingerprint density at radius 2 is 2.25 bits per heavy atom. The molecule has 0 amide bonds. The van der Waals surface area contributed by atoms with Crippen LogP contribution in [-0.4, -0.2) is 38.5 Å². The summed E-state index contributed by atoms with van der Waals surface area (Å²) in [6.45, 7) is 3.55. The van der Waals surface area contributed by atoms with Crippen molar-refractivity contribution in [2.75, 3.05) is 19.8 Å². The molecule has 112 valence electrons. The average Bonchev–Trinajstić information content (AvgIpc) is 2.47. The molecule has 1 unspecified atom stereocenters. The van der Waals surface area contributed by atoms with Gasteiger partial charge in [0.2, 0.25) is 10.0 Å². The second-order valence-electron chi connectivity index (χ2n) is 4.72. The molecule has 2 rings (SSSR count). The molecule has 1 aromatic rings. The fraction of sp³-hybridized carbons (Fsp3) is 0.538. The summed E-state index contributed by atoms with van der Waals surface area (Å²) in [7, 11) is -3.54. The van der Waals surface area contributed by atoms with E-state index in [2.05, 4.69) is 15.9 Å². The van der Waals surface area contributed by atoms with E-state index in [0.717, 1.165) is 12.0 Å². The van der Waals surface area contributed by atoms with E-state index in [1.54, 1.807) is 12.1 Å². The van der Waals surface area contributed by atoms with E-state index in [0.29, 0.717) is 30.8 Å². The predicted octanol–water partition coefficient (Wildman–Crippen LogP) is 1.71. The third-order valence-electron chi connectivity index (χ3n) is 3.46. The maximum absolute atomic E-state index is 12.8. The molecule has 0 bridgehead atoms. The van der Waals surface area contributed by atoms with Gasteiger partial charge in [-0.15, -0.1) is 0 Å². The largest absolute Gasteiger partial charge is 0.378 e. The summed E-state index contributed by atoms with van der Waals surface area (Å²) in [6, 6.07) is 5.08. The van der Waals surface area contributed by atoms with Crippen LogP contribution in [0.3, 0.4) is 0 Å². The molecule has 2 N–H and O–H groups in total. The molecule has 0 spiro atoms. The van der Waals surface area contributed by atoms with Crippen LogP contribution in [0.2, 0.25) is 0 Å². The van der Waals surface area contributed by atoms with Gasteiger partial charge in [-0.3, -0.25) is 0 Å². The number of hydrogen-bond donors (Lipinski definition) is 1. The van der Waals surface area contributed by atoms with E-state index >= 15 is 0 Å². The van der Waals surface area contributed by atoms with E-state index in [1.807, 2.05) is 13.0 Å². The van der Waals surface area contributed by atoms with Gasteiger partial charge in [0, 0.05) is 23.6 Å². The fourth-order valence-electron chi connectivity index (χ4n) is 2.28. The highest BCUT2D eigenvalue weighted by atomic mass is 79.9. The van der Waals surface area contributed by atoms with Gasteiger partial charge in [0.1, 0.15) is 0 Å². The van der Waals surface area contributed by atoms with Crippen LogP contribution < -0.4 is 5.73 Å². The third kappa shape index (κ3) is 3.07. The van der Waals surface area contributed by atoms with Crippen LogP contribution in [-0.2, 0) is 21.3 Å². The first-order valence-electron chi connectivity index (χ1n) is 6.58. The second kappa shape index (κ2) is 6.53. The zero-order chi connectivity index (χ0) is 14.8. The molecule has 20 heavy (non-hydrogen) atoms. The van der Waals surface area contributed by atoms with Crippen LogP contribution in [0.4, 0.5) is 0 Å². The van der Waals surface area contributed by atoms with E-state index < -0.39 is 10.0 Å². The predicted molar refractivity (Wildman–Crippen MR) is 80.8 cm³/mol. The molecule has 1 aliphatic rings. The van der Waals surface area contributed by atoms with Crippen LogP contribution in [0.1, 0.15) is 18.9 Å². The number of halogens is 1. The number of sulfonamides is 1. The Labute approximate surface area is 128 Å². The lowest BCUT2D eigenvalue weighted by atomic mass is 10.2. The van der Waals surface area contributed by atoms with Crippen molar-refractivity contribution >= 4 is 26.0 Å². The van der Waals surface area contributed by atoms with Gasteiger partial charge in [0.25, 0.3) is 0 Å². The molecule has 1 saturated heterocycles. The van der Waals surface area contributed by atoms with Gasteiger partial charge >= 0.3 is 0 Å². The van der Waals surface area contributed by atoms with E-state index in [-0.39, 0.29) is 10.9 Å². The van der Waals surface area contributed by atoms with Gasteiger partial charge in [0.05, 0.1) is 18.1 Å². The Bertz CT molecular complexity index is 577. The summed E-state index contributed by atoms with van der Waals surface area (Å²) in [5.41, 5.74) is 6.40. The molecule has 1 aliphatic heterocycles. The maximum Gasteiger partial charge on any atom is 0.244 e. The lowest BCUT2D eigenvalue weighted by molar-refractivity contribution is 0.0314. The van der Waals surface area contributed by atoms with Crippen molar-refractivity contribution in [3.63, 3.8) is 0 Å². The molecule has 0 saturated carbocycles. The minimum absolute atomic E-state index is 0.109. The van der Waals surface area contributed by atoms with Gasteiger partial charge in [-0.1, -0.05) is 13.0 Å². The average molecular weight is 363 g/mol. The molecule has 0 aromatic heterocycles. The summed E-state index contributed by atoms with van der Waals surface area (Å²) in [6.07, 6.45) is 0.730. The molecule has 1 fully saturated rings. The van der Waals surface area contributed by atoms with Gasteiger partial charge in [-0.2, -0.15) is 4.31 Å². The molecule has 1 heterocycles. The molecule has 1 aromatic carbocycles. The molecule has 7 heteroatoms. The monoisotopic (exact) mass is 362 g/mol. The SMILES string of the molecule is CCC1COCCN1S(=O)(=O)c1cc(CN)ccc1Br. The summed E-state index contributed by atoms with van der Waals surface area (Å²) in [4.78, 5) is 0.279. The quantitative estimate of drug-likeness (QED) is 0.884. The summed E-state index contributed by atoms with van der Waals surface area (Å²) in [5.74, 6) is 0. The van der Waals surface area contributed by atoms with Gasteiger partial charge in [0.15, 0.2) is 0 Å². The van der Waals surface area contributed by atoms with E-state index in [1.165, 1.54) is 4.31 Å². The molecule has 0 aliphatic carbocycles. The first-order valence-corrected chi connectivity index (χ1v) is 8.82. The standard InChI is InChI=1S/C13H19BrN2O3S/c1-2-11-9-19-6-5-16(11)20(17,18)13-7-10(8-15)3-4-12(13)14/h3-4,7,11H,2,5-6,8-9,15H2,1H3. The van der Waals surface area contributed by atoms with Crippen LogP contribution >= 0.6 is 15.9 Å². The normalized spacial score (nSPS) is 21.1. The Balaban J connectivity index is 2.43. The molecular weight excluding hydrogens is 344 g/mol. The highest BCUT2D eigenvalue weighted by molar-refractivity contribution is 9.10. The fourth-order valence-corrected chi connectivity index (χ4v) is 4.92. The number of ether oxygens (including phenoxy) is 1. The van der Waals surface area contributed by atoms with Crippen LogP contribution in [0, 0.1) is 0 Å². The van der Waals surface area contributed by atoms with Crippen molar-refractivity contribution in [2.24, 2.45) is 5.73 Å². The van der Waals surface area contributed by atoms with Gasteiger partial charge < -0.3 is 10.5 Å². The molecule has 0 radical (unpaired) electrons. The first-order chi connectivity index (χ1) is 9.50. The van der Waals surface area contributed by atoms with Crippen LogP contribution in [0.25, 0.3) is 0 Å². The Hall–Kier alpha value is -0.470. The van der Waals surface area contributed by atoms with E-state index in [9.17, 15) is 8.42 Å². The van der Waals surface area contributed by atoms with Crippen molar-refractivity contribution < 1.29 is 13.2 Å². The zero-order valence-electron chi connectivity index (χ0n) is 11.4. The molecular formula is C13H19BrN2O3S. The smallest absolute Gasteiger partial charge is 0.244 e. The van der Waals surface area contributed by atoms with Crippen LogP contribution in [0.5, 0.6) is 0 Å². The lowest BCUT2D eigenvalue weighted by Gasteiger charge is -2.34. The molecule has 1 atom stereocenters. The van der Waals surface area contributed by atoms with Gasteiger partial charge in [-0.25, -0.2) is 8.42 Å². The zero-order valence-corrected chi connectivity index (χ0v) is 13.8. The van der Waals surface area contributed by atoms with Crippen molar-refractivity contribution in [1.82, 2.24) is 4.31 Å². The van der Waals surface area contributed by atoms with Crippen molar-refractivity contribution in [3.8, 4) is 0 Å². The van der Waals surface area contributed by atoms with E-state index in [4.69, 9.17) is 10.5 Å². The van der Waals surface area contributed by atoms with Gasteiger partial charge in [-0.05, 0) is 40.0 Å². The summed E-state index contributed by atoms with van der Waals surface area (Å²) in [5, 5.41) is 0. The number of hydrogen-bond acceptors (Lipinski definition) is 4. The van der Waals surface area contributed by atoms with Crippen molar-refractivity contribution in [2.45, 2.75) is 30.8 Å². The first kappa shape index (κ1) is 15.9. The minimum Gasteiger partial charge on any atom is -0.378 e. The Morgan fingerprint density at radius 3 is 2.90 bits per heavy atom. The number of nitrogens with two attached hydrogens (primary N) is 1.